The minimum absolute atomic E-state index is 0.0542. The first kappa shape index (κ1) is 17.7. The van der Waals surface area contributed by atoms with Crippen LogP contribution in [0.3, 0.4) is 0 Å². The summed E-state index contributed by atoms with van der Waals surface area (Å²) in [6.45, 7) is 0.0628. The Labute approximate surface area is 139 Å². The van der Waals surface area contributed by atoms with Crippen LogP contribution in [0.4, 0.5) is 10.1 Å². The highest BCUT2D eigenvalue weighted by molar-refractivity contribution is 6.39. The fourth-order valence-electron chi connectivity index (χ4n) is 2.90. The maximum atomic E-state index is 13.3. The fraction of sp³-hybridized carbons (Fsp3) is 0.500. The van der Waals surface area contributed by atoms with Gasteiger partial charge in [0.1, 0.15) is 5.82 Å². The smallest absolute Gasteiger partial charge is 0.313 e. The summed E-state index contributed by atoms with van der Waals surface area (Å²) in [6, 6.07) is 3.67. The van der Waals surface area contributed by atoms with E-state index >= 15 is 0 Å². The van der Waals surface area contributed by atoms with Crippen LogP contribution in [-0.2, 0) is 9.59 Å². The molecule has 1 aliphatic rings. The highest BCUT2D eigenvalue weighted by atomic mass is 35.5. The first-order valence-corrected chi connectivity index (χ1v) is 8.07. The number of aliphatic hydroxyl groups excluding tert-OH is 1. The number of carbonyl (C=O) groups is 2. The van der Waals surface area contributed by atoms with Gasteiger partial charge in [-0.3, -0.25) is 9.59 Å². The third kappa shape index (κ3) is 4.91. The summed E-state index contributed by atoms with van der Waals surface area (Å²) in [6.07, 6.45) is 4.37. The number of halogens is 2. The molecule has 0 spiro atoms. The second-order valence-electron chi connectivity index (χ2n) is 5.72. The van der Waals surface area contributed by atoms with Crippen molar-refractivity contribution in [3.8, 4) is 0 Å². The molecule has 0 bridgehead atoms. The molecule has 0 heterocycles. The number of hydrogen-bond acceptors (Lipinski definition) is 3. The van der Waals surface area contributed by atoms with E-state index in [1.54, 1.807) is 0 Å². The van der Waals surface area contributed by atoms with Gasteiger partial charge in [-0.05, 0) is 43.4 Å². The van der Waals surface area contributed by atoms with Gasteiger partial charge in [0.25, 0.3) is 0 Å². The van der Waals surface area contributed by atoms with Crippen LogP contribution in [0.2, 0.25) is 5.02 Å². The summed E-state index contributed by atoms with van der Waals surface area (Å²) in [5.74, 6) is -2.09. The monoisotopic (exact) mass is 342 g/mol. The van der Waals surface area contributed by atoms with E-state index in [1.807, 2.05) is 0 Å². The molecule has 5 nitrogen and oxygen atoms in total. The molecule has 1 aromatic carbocycles. The van der Waals surface area contributed by atoms with Gasteiger partial charge in [0, 0.05) is 18.3 Å². The Kier molecular flexibility index (Phi) is 6.36. The molecule has 7 heteroatoms. The van der Waals surface area contributed by atoms with Gasteiger partial charge < -0.3 is 15.7 Å². The minimum Gasteiger partial charge on any atom is -0.396 e. The van der Waals surface area contributed by atoms with Crippen molar-refractivity contribution in [2.45, 2.75) is 38.1 Å². The van der Waals surface area contributed by atoms with Crippen molar-refractivity contribution in [1.82, 2.24) is 5.32 Å². The lowest BCUT2D eigenvalue weighted by Gasteiger charge is -2.31. The lowest BCUT2D eigenvalue weighted by molar-refractivity contribution is -0.137. The average molecular weight is 343 g/mol. The van der Waals surface area contributed by atoms with Crippen molar-refractivity contribution in [2.24, 2.45) is 5.92 Å². The Balaban J connectivity index is 1.93. The topological polar surface area (TPSA) is 78.4 Å². The molecule has 0 aromatic heterocycles. The van der Waals surface area contributed by atoms with Gasteiger partial charge >= 0.3 is 11.8 Å². The normalized spacial score (nSPS) is 20.8. The Morgan fingerprint density at radius 1 is 1.26 bits per heavy atom. The van der Waals surface area contributed by atoms with Crippen LogP contribution < -0.4 is 10.6 Å². The Morgan fingerprint density at radius 3 is 2.70 bits per heavy atom. The Bertz CT molecular complexity index is 580. The molecule has 0 radical (unpaired) electrons. The lowest BCUT2D eigenvalue weighted by Crippen LogP contribution is -2.46. The van der Waals surface area contributed by atoms with E-state index < -0.39 is 17.6 Å². The number of anilines is 1. The SMILES string of the molecule is O=C(Nc1ccc(Cl)c(F)c1)C(=O)NC1CCCCC1CCO. The van der Waals surface area contributed by atoms with Crippen molar-refractivity contribution < 1.29 is 19.1 Å². The molecule has 3 N–H and O–H groups in total. The van der Waals surface area contributed by atoms with Gasteiger partial charge in [-0.15, -0.1) is 0 Å². The first-order valence-electron chi connectivity index (χ1n) is 7.69. The maximum Gasteiger partial charge on any atom is 0.313 e. The molecule has 2 amide bonds. The largest absolute Gasteiger partial charge is 0.396 e. The lowest BCUT2D eigenvalue weighted by atomic mass is 9.82. The van der Waals surface area contributed by atoms with Gasteiger partial charge in [-0.2, -0.15) is 0 Å². The number of benzene rings is 1. The van der Waals surface area contributed by atoms with Crippen LogP contribution in [-0.4, -0.2) is 29.6 Å². The van der Waals surface area contributed by atoms with Crippen LogP contribution in [0.15, 0.2) is 18.2 Å². The zero-order chi connectivity index (χ0) is 16.8. The van der Waals surface area contributed by atoms with Crippen LogP contribution >= 0.6 is 11.6 Å². The summed E-state index contributed by atoms with van der Waals surface area (Å²) >= 11 is 5.57. The van der Waals surface area contributed by atoms with Crippen molar-refractivity contribution in [2.75, 3.05) is 11.9 Å². The highest BCUT2D eigenvalue weighted by Gasteiger charge is 2.28. The number of nitrogens with one attached hydrogen (secondary N) is 2. The molecule has 2 rings (SSSR count). The van der Waals surface area contributed by atoms with E-state index in [-0.39, 0.29) is 29.3 Å². The van der Waals surface area contributed by atoms with E-state index in [4.69, 9.17) is 16.7 Å². The van der Waals surface area contributed by atoms with Crippen LogP contribution in [0.5, 0.6) is 0 Å². The zero-order valence-electron chi connectivity index (χ0n) is 12.6. The summed E-state index contributed by atoms with van der Waals surface area (Å²) in [4.78, 5) is 23.9. The van der Waals surface area contributed by atoms with E-state index in [9.17, 15) is 14.0 Å². The van der Waals surface area contributed by atoms with Crippen molar-refractivity contribution >= 4 is 29.1 Å². The second-order valence-corrected chi connectivity index (χ2v) is 6.13. The predicted molar refractivity (Wildman–Crippen MR) is 85.6 cm³/mol. The van der Waals surface area contributed by atoms with E-state index in [0.29, 0.717) is 6.42 Å². The fourth-order valence-corrected chi connectivity index (χ4v) is 3.02. The molecule has 1 saturated carbocycles. The van der Waals surface area contributed by atoms with Gasteiger partial charge in [-0.25, -0.2) is 4.39 Å². The van der Waals surface area contributed by atoms with E-state index in [0.717, 1.165) is 31.7 Å². The van der Waals surface area contributed by atoms with Crippen molar-refractivity contribution in [1.29, 1.82) is 0 Å². The molecule has 23 heavy (non-hydrogen) atoms. The molecule has 2 atom stereocenters. The van der Waals surface area contributed by atoms with Gasteiger partial charge in [0.15, 0.2) is 0 Å². The summed E-state index contributed by atoms with van der Waals surface area (Å²) in [5.41, 5.74) is 0.169. The van der Waals surface area contributed by atoms with Crippen molar-refractivity contribution in [3.63, 3.8) is 0 Å². The molecule has 1 fully saturated rings. The number of rotatable bonds is 4. The zero-order valence-corrected chi connectivity index (χ0v) is 13.4. The standard InChI is InChI=1S/C16H20ClFN2O3/c17-12-6-5-11(9-13(12)18)19-15(22)16(23)20-14-4-2-1-3-10(14)7-8-21/h5-6,9-10,14,21H,1-4,7-8H2,(H,19,22)(H,20,23). The van der Waals surface area contributed by atoms with Crippen LogP contribution in [0.25, 0.3) is 0 Å². The highest BCUT2D eigenvalue weighted by Crippen LogP contribution is 2.26. The first-order chi connectivity index (χ1) is 11.0. The molecule has 1 aliphatic carbocycles. The number of carbonyl (C=O) groups excluding carboxylic acids is 2. The average Bonchev–Trinajstić information content (AvgIpc) is 2.53. The summed E-state index contributed by atoms with van der Waals surface area (Å²) < 4.78 is 13.3. The molecular formula is C16H20ClFN2O3. The number of aliphatic hydroxyl groups is 1. The number of hydrogen-bond donors (Lipinski definition) is 3. The van der Waals surface area contributed by atoms with Gasteiger partial charge in [0.05, 0.1) is 5.02 Å². The molecule has 0 saturated heterocycles. The second kappa shape index (κ2) is 8.26. The van der Waals surface area contributed by atoms with E-state index in [2.05, 4.69) is 10.6 Å². The molecule has 2 unspecified atom stereocenters. The Morgan fingerprint density at radius 2 is 2.00 bits per heavy atom. The minimum atomic E-state index is -0.847. The quantitative estimate of drug-likeness (QED) is 0.735. The van der Waals surface area contributed by atoms with Crippen LogP contribution in [0.1, 0.15) is 32.1 Å². The molecule has 1 aromatic rings. The molecular weight excluding hydrogens is 323 g/mol. The van der Waals surface area contributed by atoms with Crippen LogP contribution in [0, 0.1) is 11.7 Å². The molecule has 126 valence electrons. The van der Waals surface area contributed by atoms with E-state index in [1.165, 1.54) is 12.1 Å². The van der Waals surface area contributed by atoms with Gasteiger partial charge in [0.2, 0.25) is 0 Å². The third-order valence-corrected chi connectivity index (χ3v) is 4.42. The Hall–Kier alpha value is -1.66. The molecule has 0 aliphatic heterocycles. The van der Waals surface area contributed by atoms with Crippen molar-refractivity contribution in [3.05, 3.63) is 29.0 Å². The third-order valence-electron chi connectivity index (χ3n) is 4.11. The van der Waals surface area contributed by atoms with Gasteiger partial charge in [-0.1, -0.05) is 24.4 Å². The number of amides is 2. The summed E-state index contributed by atoms with van der Waals surface area (Å²) in [5, 5.41) is 14.1. The maximum absolute atomic E-state index is 13.3. The summed E-state index contributed by atoms with van der Waals surface area (Å²) in [7, 11) is 0. The predicted octanol–water partition coefficient (Wildman–Crippen LogP) is 2.48.